The van der Waals surface area contributed by atoms with Crippen molar-refractivity contribution in [2.45, 2.75) is 31.4 Å². The number of rotatable bonds is 3. The molecule has 1 aliphatic rings. The monoisotopic (exact) mass is 318 g/mol. The smallest absolute Gasteiger partial charge is 0.265 e. The minimum Gasteiger partial charge on any atom is -0.265 e. The average Bonchev–Trinajstić information content (AvgIpc) is 2.86. The molecule has 0 atom stereocenters. The van der Waals surface area contributed by atoms with Gasteiger partial charge in [0.2, 0.25) is 0 Å². The maximum atomic E-state index is 13.0. The normalized spacial score (nSPS) is 17.3. The SMILES string of the molecule is Cn1nc(C(F)(F)F)c(CSC2=CC(C)(C)ON2)c1C#N. The third kappa shape index (κ3) is 3.33. The lowest BCUT2D eigenvalue weighted by molar-refractivity contribution is -0.141. The molecule has 2 rings (SSSR count). The Morgan fingerprint density at radius 3 is 2.67 bits per heavy atom. The van der Waals surface area contributed by atoms with Gasteiger partial charge in [-0.2, -0.15) is 23.5 Å². The highest BCUT2D eigenvalue weighted by atomic mass is 32.2. The van der Waals surface area contributed by atoms with Crippen molar-refractivity contribution in [1.29, 1.82) is 5.26 Å². The molecule has 1 aromatic rings. The molecule has 5 nitrogen and oxygen atoms in total. The molecule has 0 bridgehead atoms. The van der Waals surface area contributed by atoms with Crippen LogP contribution in [0.4, 0.5) is 13.2 Å². The van der Waals surface area contributed by atoms with Crippen LogP contribution in [0.15, 0.2) is 11.1 Å². The molecule has 9 heteroatoms. The molecule has 0 saturated heterocycles. The van der Waals surface area contributed by atoms with Crippen molar-refractivity contribution in [2.24, 2.45) is 7.05 Å². The van der Waals surface area contributed by atoms with Gasteiger partial charge in [0, 0.05) is 18.4 Å². The number of nitrogens with one attached hydrogen (secondary N) is 1. The summed E-state index contributed by atoms with van der Waals surface area (Å²) in [5.41, 5.74) is 0.910. The van der Waals surface area contributed by atoms with E-state index in [1.807, 2.05) is 13.8 Å². The standard InChI is InChI=1S/C12H13F3N4OS/c1-11(2)4-9(18-20-11)21-6-7-8(5-16)19(3)17-10(7)12(13,14)15/h4,18H,6H2,1-3H3. The number of aromatic nitrogens is 2. The predicted octanol–water partition coefficient (Wildman–Crippen LogP) is 2.70. The van der Waals surface area contributed by atoms with Crippen LogP contribution in [0.25, 0.3) is 0 Å². The summed E-state index contributed by atoms with van der Waals surface area (Å²) in [6.45, 7) is 3.64. The second-order valence-electron chi connectivity index (χ2n) is 5.01. The maximum absolute atomic E-state index is 13.0. The van der Waals surface area contributed by atoms with E-state index in [1.54, 1.807) is 12.1 Å². The van der Waals surface area contributed by atoms with Crippen LogP contribution in [-0.2, 0) is 23.8 Å². The van der Waals surface area contributed by atoms with Gasteiger partial charge in [0.25, 0.3) is 0 Å². The van der Waals surface area contributed by atoms with Crippen LogP contribution in [-0.4, -0.2) is 15.4 Å². The Morgan fingerprint density at radius 2 is 2.19 bits per heavy atom. The number of nitriles is 1. The molecule has 0 radical (unpaired) electrons. The van der Waals surface area contributed by atoms with Gasteiger partial charge in [-0.05, 0) is 19.9 Å². The first-order valence-corrected chi connectivity index (χ1v) is 6.95. The lowest BCUT2D eigenvalue weighted by Crippen LogP contribution is -2.20. The summed E-state index contributed by atoms with van der Waals surface area (Å²) in [7, 11) is 1.32. The van der Waals surface area contributed by atoms with Gasteiger partial charge in [-0.15, -0.1) is 11.8 Å². The van der Waals surface area contributed by atoms with Crippen LogP contribution in [0.3, 0.4) is 0 Å². The Morgan fingerprint density at radius 1 is 1.52 bits per heavy atom. The molecule has 1 aromatic heterocycles. The number of hydrogen-bond donors (Lipinski definition) is 1. The third-order valence-corrected chi connectivity index (χ3v) is 3.73. The molecule has 0 aliphatic carbocycles. The summed E-state index contributed by atoms with van der Waals surface area (Å²) in [6.07, 6.45) is -2.82. The summed E-state index contributed by atoms with van der Waals surface area (Å²) < 4.78 is 39.8. The zero-order valence-corrected chi connectivity index (χ0v) is 12.4. The molecule has 1 N–H and O–H groups in total. The van der Waals surface area contributed by atoms with Gasteiger partial charge in [-0.25, -0.2) is 0 Å². The number of alkyl halides is 3. The lowest BCUT2D eigenvalue weighted by atomic mass is 10.1. The Bertz CT molecular complexity index is 628. The first-order chi connectivity index (χ1) is 9.64. The predicted molar refractivity (Wildman–Crippen MR) is 70.6 cm³/mol. The Balaban J connectivity index is 2.26. The van der Waals surface area contributed by atoms with Crippen molar-refractivity contribution in [1.82, 2.24) is 15.3 Å². The van der Waals surface area contributed by atoms with E-state index in [2.05, 4.69) is 10.6 Å². The molecule has 0 saturated carbocycles. The molecule has 21 heavy (non-hydrogen) atoms. The molecular weight excluding hydrogens is 305 g/mol. The summed E-state index contributed by atoms with van der Waals surface area (Å²) in [5.74, 6) is -0.0240. The highest BCUT2D eigenvalue weighted by Crippen LogP contribution is 2.36. The minimum atomic E-state index is -4.59. The molecule has 1 aliphatic heterocycles. The fourth-order valence-electron chi connectivity index (χ4n) is 1.85. The second-order valence-corrected chi connectivity index (χ2v) is 6.03. The molecular formula is C12H13F3N4OS. The fourth-order valence-corrected chi connectivity index (χ4v) is 2.89. The van der Waals surface area contributed by atoms with Crippen molar-refractivity contribution < 1.29 is 18.0 Å². The average molecular weight is 318 g/mol. The van der Waals surface area contributed by atoms with Crippen LogP contribution < -0.4 is 5.48 Å². The van der Waals surface area contributed by atoms with Crippen LogP contribution in [0.1, 0.15) is 30.8 Å². The van der Waals surface area contributed by atoms with E-state index < -0.39 is 17.5 Å². The highest BCUT2D eigenvalue weighted by Gasteiger charge is 2.39. The lowest BCUT2D eigenvalue weighted by Gasteiger charge is -2.11. The van der Waals surface area contributed by atoms with Crippen molar-refractivity contribution >= 4 is 11.8 Å². The van der Waals surface area contributed by atoms with Crippen molar-refractivity contribution in [2.75, 3.05) is 0 Å². The van der Waals surface area contributed by atoms with E-state index in [0.29, 0.717) is 5.03 Å². The van der Waals surface area contributed by atoms with E-state index in [1.165, 1.54) is 7.05 Å². The number of nitrogens with zero attached hydrogens (tertiary/aromatic N) is 3. The van der Waals surface area contributed by atoms with Crippen LogP contribution in [0.5, 0.6) is 0 Å². The number of thioether (sulfide) groups is 1. The van der Waals surface area contributed by atoms with Gasteiger partial charge in [-0.1, -0.05) is 0 Å². The number of hydroxylamine groups is 1. The Labute approximate surface area is 123 Å². The maximum Gasteiger partial charge on any atom is 0.435 e. The Hall–Kier alpha value is -1.66. The van der Waals surface area contributed by atoms with E-state index in [4.69, 9.17) is 10.1 Å². The molecule has 114 valence electrons. The number of aryl methyl sites for hydroxylation is 1. The zero-order chi connectivity index (χ0) is 15.8. The fraction of sp³-hybridized carbons (Fsp3) is 0.500. The molecule has 0 aromatic carbocycles. The molecule has 0 amide bonds. The second kappa shape index (κ2) is 5.27. The van der Waals surface area contributed by atoms with Crippen molar-refractivity contribution in [3.63, 3.8) is 0 Å². The molecule has 0 spiro atoms. The van der Waals surface area contributed by atoms with Gasteiger partial charge in [-0.3, -0.25) is 15.0 Å². The van der Waals surface area contributed by atoms with Gasteiger partial charge in [0.1, 0.15) is 17.4 Å². The summed E-state index contributed by atoms with van der Waals surface area (Å²) in [4.78, 5) is 5.23. The van der Waals surface area contributed by atoms with E-state index in [9.17, 15) is 13.2 Å². The van der Waals surface area contributed by atoms with E-state index >= 15 is 0 Å². The van der Waals surface area contributed by atoms with Gasteiger partial charge < -0.3 is 0 Å². The van der Waals surface area contributed by atoms with Crippen LogP contribution in [0, 0.1) is 11.3 Å². The number of hydrogen-bond acceptors (Lipinski definition) is 5. The minimum absolute atomic E-state index is 0.0240. The molecule has 2 heterocycles. The van der Waals surface area contributed by atoms with E-state index in [0.717, 1.165) is 16.4 Å². The van der Waals surface area contributed by atoms with Crippen LogP contribution >= 0.6 is 11.8 Å². The first-order valence-electron chi connectivity index (χ1n) is 5.97. The van der Waals surface area contributed by atoms with Crippen LogP contribution in [0.2, 0.25) is 0 Å². The molecule has 0 fully saturated rings. The number of halogens is 3. The zero-order valence-electron chi connectivity index (χ0n) is 11.6. The molecule has 0 unspecified atom stereocenters. The quantitative estimate of drug-likeness (QED) is 0.928. The van der Waals surface area contributed by atoms with E-state index in [-0.39, 0.29) is 17.0 Å². The van der Waals surface area contributed by atoms with Gasteiger partial charge in [0.05, 0.1) is 5.03 Å². The largest absolute Gasteiger partial charge is 0.435 e. The van der Waals surface area contributed by atoms with Gasteiger partial charge >= 0.3 is 6.18 Å². The summed E-state index contributed by atoms with van der Waals surface area (Å²) in [6, 6.07) is 1.76. The van der Waals surface area contributed by atoms with Gasteiger partial charge in [0.15, 0.2) is 5.69 Å². The first kappa shape index (κ1) is 15.7. The third-order valence-electron chi connectivity index (χ3n) is 2.79. The summed E-state index contributed by atoms with van der Waals surface area (Å²) >= 11 is 1.13. The van der Waals surface area contributed by atoms with Crippen molar-refractivity contribution in [3.8, 4) is 6.07 Å². The Kier molecular flexibility index (Phi) is 3.95. The topological polar surface area (TPSA) is 62.9 Å². The highest BCUT2D eigenvalue weighted by molar-refractivity contribution is 8.02. The van der Waals surface area contributed by atoms with Crippen molar-refractivity contribution in [3.05, 3.63) is 28.1 Å². The summed E-state index contributed by atoms with van der Waals surface area (Å²) in [5, 5.41) is 13.0.